The van der Waals surface area contributed by atoms with Crippen molar-refractivity contribution in [2.75, 3.05) is 5.32 Å². The lowest BCUT2D eigenvalue weighted by Crippen LogP contribution is -1.86. The van der Waals surface area contributed by atoms with Crippen LogP contribution in [0.1, 0.15) is 0 Å². The van der Waals surface area contributed by atoms with Crippen LogP contribution in [0.15, 0.2) is 39.7 Å². The molecule has 0 fully saturated rings. The van der Waals surface area contributed by atoms with E-state index in [1.54, 1.807) is 24.5 Å². The summed E-state index contributed by atoms with van der Waals surface area (Å²) >= 11 is 0. The van der Waals surface area contributed by atoms with Crippen molar-refractivity contribution in [1.82, 2.24) is 5.16 Å². The average molecular weight is 150 g/mol. The number of rotatable bonds is 2. The van der Waals surface area contributed by atoms with Crippen LogP contribution in [0.3, 0.4) is 0 Å². The minimum absolute atomic E-state index is 0.639. The quantitative estimate of drug-likeness (QED) is 0.711. The highest BCUT2D eigenvalue weighted by Crippen LogP contribution is 2.13. The zero-order valence-corrected chi connectivity index (χ0v) is 5.65. The second-order valence-corrected chi connectivity index (χ2v) is 1.99. The van der Waals surface area contributed by atoms with Crippen LogP contribution in [-0.4, -0.2) is 5.16 Å². The Labute approximate surface area is 62.8 Å². The molecule has 0 unspecified atom stereocenters. The second kappa shape index (κ2) is 2.49. The first-order valence-corrected chi connectivity index (χ1v) is 3.16. The van der Waals surface area contributed by atoms with Crippen LogP contribution in [0.4, 0.5) is 11.7 Å². The van der Waals surface area contributed by atoms with Gasteiger partial charge in [0, 0.05) is 12.1 Å². The molecule has 0 bridgehead atoms. The SMILES string of the molecule is c1coc(Nc2ccon2)c1. The summed E-state index contributed by atoms with van der Waals surface area (Å²) in [5.74, 6) is 1.29. The molecule has 0 aliphatic rings. The molecule has 2 rings (SSSR count). The zero-order chi connectivity index (χ0) is 7.52. The molecule has 11 heavy (non-hydrogen) atoms. The van der Waals surface area contributed by atoms with Crippen LogP contribution in [0.25, 0.3) is 0 Å². The number of nitrogens with zero attached hydrogens (tertiary/aromatic N) is 1. The largest absolute Gasteiger partial charge is 0.449 e. The van der Waals surface area contributed by atoms with Gasteiger partial charge in [-0.2, -0.15) is 0 Å². The van der Waals surface area contributed by atoms with Crippen molar-refractivity contribution in [3.8, 4) is 0 Å². The van der Waals surface area contributed by atoms with Crippen LogP contribution in [0.5, 0.6) is 0 Å². The lowest BCUT2D eigenvalue weighted by atomic mass is 10.6. The van der Waals surface area contributed by atoms with Crippen molar-refractivity contribution < 1.29 is 8.94 Å². The Hall–Kier alpha value is -1.71. The molecular formula is C7H6N2O2. The number of furan rings is 1. The van der Waals surface area contributed by atoms with Gasteiger partial charge in [0.05, 0.1) is 6.26 Å². The molecule has 0 aliphatic heterocycles. The summed E-state index contributed by atoms with van der Waals surface area (Å²) in [6.07, 6.45) is 3.08. The van der Waals surface area contributed by atoms with Gasteiger partial charge in [-0.15, -0.1) is 0 Å². The Morgan fingerprint density at radius 1 is 1.27 bits per heavy atom. The molecule has 4 heteroatoms. The van der Waals surface area contributed by atoms with Gasteiger partial charge in [-0.3, -0.25) is 0 Å². The van der Waals surface area contributed by atoms with E-state index in [2.05, 4.69) is 15.0 Å². The van der Waals surface area contributed by atoms with Crippen molar-refractivity contribution >= 4 is 11.7 Å². The third-order valence-electron chi connectivity index (χ3n) is 1.21. The van der Waals surface area contributed by atoms with E-state index in [-0.39, 0.29) is 0 Å². The Kier molecular flexibility index (Phi) is 1.37. The summed E-state index contributed by atoms with van der Waals surface area (Å²) < 4.78 is 9.62. The maximum atomic E-state index is 5.01. The minimum Gasteiger partial charge on any atom is -0.449 e. The van der Waals surface area contributed by atoms with Gasteiger partial charge in [0.15, 0.2) is 11.7 Å². The van der Waals surface area contributed by atoms with Gasteiger partial charge >= 0.3 is 0 Å². The summed E-state index contributed by atoms with van der Waals surface area (Å²) in [5, 5.41) is 6.54. The van der Waals surface area contributed by atoms with Gasteiger partial charge in [0.2, 0.25) is 0 Å². The molecule has 56 valence electrons. The van der Waals surface area contributed by atoms with Gasteiger partial charge in [-0.1, -0.05) is 5.16 Å². The van der Waals surface area contributed by atoms with Crippen molar-refractivity contribution in [3.63, 3.8) is 0 Å². The molecule has 0 amide bonds. The fraction of sp³-hybridized carbons (Fsp3) is 0. The van der Waals surface area contributed by atoms with E-state index in [9.17, 15) is 0 Å². The molecule has 4 nitrogen and oxygen atoms in total. The molecule has 2 heterocycles. The molecular weight excluding hydrogens is 144 g/mol. The number of hydrogen-bond donors (Lipinski definition) is 1. The smallest absolute Gasteiger partial charge is 0.198 e. The number of anilines is 2. The summed E-state index contributed by atoms with van der Waals surface area (Å²) in [5.41, 5.74) is 0. The third-order valence-corrected chi connectivity index (χ3v) is 1.21. The summed E-state index contributed by atoms with van der Waals surface area (Å²) in [6, 6.07) is 5.31. The van der Waals surface area contributed by atoms with Gasteiger partial charge < -0.3 is 14.3 Å². The van der Waals surface area contributed by atoms with E-state index < -0.39 is 0 Å². The van der Waals surface area contributed by atoms with Gasteiger partial charge in [-0.25, -0.2) is 0 Å². The predicted octanol–water partition coefficient (Wildman–Crippen LogP) is 2.01. The standard InChI is InChI=1S/C7H6N2O2/c1-2-7(10-4-1)8-6-3-5-11-9-6/h1-5H,(H,8,9). The molecule has 0 aromatic carbocycles. The molecule has 2 aromatic rings. The first kappa shape index (κ1) is 6.03. The summed E-state index contributed by atoms with van der Waals surface area (Å²) in [6.45, 7) is 0. The minimum atomic E-state index is 0.639. The normalized spacial score (nSPS) is 9.82. The van der Waals surface area contributed by atoms with Crippen molar-refractivity contribution in [2.45, 2.75) is 0 Å². The highest BCUT2D eigenvalue weighted by Gasteiger charge is 1.97. The maximum absolute atomic E-state index is 5.01. The number of hydrogen-bond acceptors (Lipinski definition) is 4. The molecule has 1 N–H and O–H groups in total. The van der Waals surface area contributed by atoms with Gasteiger partial charge in [-0.05, 0) is 6.07 Å². The number of nitrogens with one attached hydrogen (secondary N) is 1. The Morgan fingerprint density at radius 3 is 2.91 bits per heavy atom. The highest BCUT2D eigenvalue weighted by molar-refractivity contribution is 5.47. The van der Waals surface area contributed by atoms with Gasteiger partial charge in [0.25, 0.3) is 0 Å². The van der Waals surface area contributed by atoms with E-state index >= 15 is 0 Å². The fourth-order valence-corrected chi connectivity index (χ4v) is 0.753. The fourth-order valence-electron chi connectivity index (χ4n) is 0.753. The van der Waals surface area contributed by atoms with E-state index in [0.29, 0.717) is 11.7 Å². The van der Waals surface area contributed by atoms with Crippen molar-refractivity contribution in [2.24, 2.45) is 0 Å². The van der Waals surface area contributed by atoms with E-state index in [1.165, 1.54) is 6.26 Å². The molecule has 0 spiro atoms. The van der Waals surface area contributed by atoms with E-state index in [4.69, 9.17) is 4.42 Å². The summed E-state index contributed by atoms with van der Waals surface area (Å²) in [7, 11) is 0. The third kappa shape index (κ3) is 1.24. The lowest BCUT2D eigenvalue weighted by molar-refractivity contribution is 0.422. The molecule has 2 aromatic heterocycles. The van der Waals surface area contributed by atoms with E-state index in [0.717, 1.165) is 0 Å². The lowest BCUT2D eigenvalue weighted by Gasteiger charge is -1.93. The predicted molar refractivity (Wildman–Crippen MR) is 38.5 cm³/mol. The van der Waals surface area contributed by atoms with E-state index in [1.807, 2.05) is 0 Å². The zero-order valence-electron chi connectivity index (χ0n) is 5.65. The van der Waals surface area contributed by atoms with Gasteiger partial charge in [0.1, 0.15) is 6.26 Å². The number of aromatic nitrogens is 1. The molecule has 0 saturated heterocycles. The Bertz CT molecular complexity index is 267. The van der Waals surface area contributed by atoms with Crippen molar-refractivity contribution in [1.29, 1.82) is 0 Å². The maximum Gasteiger partial charge on any atom is 0.198 e. The Morgan fingerprint density at radius 2 is 2.27 bits per heavy atom. The average Bonchev–Trinajstić information content (AvgIpc) is 2.60. The second-order valence-electron chi connectivity index (χ2n) is 1.99. The first-order chi connectivity index (χ1) is 5.45. The molecule has 0 aliphatic carbocycles. The van der Waals surface area contributed by atoms with Crippen LogP contribution < -0.4 is 5.32 Å². The Balaban J connectivity index is 2.14. The van der Waals surface area contributed by atoms with Crippen LogP contribution in [0, 0.1) is 0 Å². The van der Waals surface area contributed by atoms with Crippen molar-refractivity contribution in [3.05, 3.63) is 30.7 Å². The van der Waals surface area contributed by atoms with Crippen LogP contribution in [-0.2, 0) is 0 Å². The van der Waals surface area contributed by atoms with Crippen LogP contribution >= 0.6 is 0 Å². The molecule has 0 atom stereocenters. The monoisotopic (exact) mass is 150 g/mol. The topological polar surface area (TPSA) is 51.2 Å². The van der Waals surface area contributed by atoms with Crippen LogP contribution in [0.2, 0.25) is 0 Å². The molecule has 0 saturated carbocycles. The summed E-state index contributed by atoms with van der Waals surface area (Å²) in [4.78, 5) is 0. The highest BCUT2D eigenvalue weighted by atomic mass is 16.5. The first-order valence-electron chi connectivity index (χ1n) is 3.16. The molecule has 0 radical (unpaired) electrons.